The van der Waals surface area contributed by atoms with Gasteiger partial charge in [0.1, 0.15) is 0 Å². The van der Waals surface area contributed by atoms with E-state index >= 15 is 0 Å². The Hall–Kier alpha value is -0.790. The van der Waals surface area contributed by atoms with E-state index in [0.29, 0.717) is 0 Å². The molecule has 2 heteroatoms. The Labute approximate surface area is 54.9 Å². The first-order valence-corrected chi connectivity index (χ1v) is 3.41. The lowest BCUT2D eigenvalue weighted by Crippen LogP contribution is -2.25. The molecule has 9 heavy (non-hydrogen) atoms. The van der Waals surface area contributed by atoms with Crippen LogP contribution in [0, 0.1) is 0 Å². The predicted molar refractivity (Wildman–Crippen MR) is 37.4 cm³/mol. The van der Waals surface area contributed by atoms with Crippen molar-refractivity contribution >= 4 is 6.34 Å². The molecule has 0 amide bonds. The van der Waals surface area contributed by atoms with Gasteiger partial charge in [0, 0.05) is 18.8 Å². The molecule has 0 aromatic carbocycles. The van der Waals surface area contributed by atoms with Gasteiger partial charge in [0.25, 0.3) is 0 Å². The zero-order valence-corrected chi connectivity index (χ0v) is 5.33. The monoisotopic (exact) mass is 122 g/mol. The third-order valence-corrected chi connectivity index (χ3v) is 1.74. The molecule has 1 aliphatic carbocycles. The Kier molecular flexibility index (Phi) is 1.04. The molecule has 1 saturated carbocycles. The highest BCUT2D eigenvalue weighted by atomic mass is 15.2. The minimum Gasteiger partial charge on any atom is -0.356 e. The topological polar surface area (TPSA) is 15.6 Å². The van der Waals surface area contributed by atoms with Crippen LogP contribution in [0.5, 0.6) is 0 Å². The molecule has 0 aromatic rings. The first kappa shape index (κ1) is 5.03. The third kappa shape index (κ3) is 0.969. The van der Waals surface area contributed by atoms with Gasteiger partial charge < -0.3 is 4.90 Å². The number of aliphatic imine (C=N–C) groups is 1. The van der Waals surface area contributed by atoms with Crippen LogP contribution in [0.15, 0.2) is 17.3 Å². The maximum Gasteiger partial charge on any atom is 0.0910 e. The van der Waals surface area contributed by atoms with Gasteiger partial charge >= 0.3 is 0 Å². The maximum absolute atomic E-state index is 4.04. The zero-order valence-electron chi connectivity index (χ0n) is 5.33. The summed E-state index contributed by atoms with van der Waals surface area (Å²) in [5.74, 6) is 0. The van der Waals surface area contributed by atoms with Crippen molar-refractivity contribution in [3.8, 4) is 0 Å². The molecule has 0 saturated heterocycles. The van der Waals surface area contributed by atoms with Crippen molar-refractivity contribution in [2.75, 3.05) is 6.54 Å². The first-order chi connectivity index (χ1) is 4.47. The van der Waals surface area contributed by atoms with Crippen molar-refractivity contribution in [1.82, 2.24) is 4.90 Å². The Morgan fingerprint density at radius 2 is 2.33 bits per heavy atom. The lowest BCUT2D eigenvalue weighted by molar-refractivity contribution is 0.461. The summed E-state index contributed by atoms with van der Waals surface area (Å²) in [6.07, 6.45) is 8.62. The highest BCUT2D eigenvalue weighted by molar-refractivity contribution is 5.58. The van der Waals surface area contributed by atoms with Gasteiger partial charge in [-0.3, -0.25) is 0 Å². The molecule has 0 radical (unpaired) electrons. The van der Waals surface area contributed by atoms with Crippen molar-refractivity contribution in [2.24, 2.45) is 4.99 Å². The summed E-state index contributed by atoms with van der Waals surface area (Å²) in [5.41, 5.74) is 0. The second-order valence-corrected chi connectivity index (χ2v) is 2.58. The molecule has 0 atom stereocenters. The van der Waals surface area contributed by atoms with E-state index in [0.717, 1.165) is 12.6 Å². The number of nitrogens with zero attached hydrogens (tertiary/aromatic N) is 2. The van der Waals surface area contributed by atoms with E-state index in [9.17, 15) is 0 Å². The van der Waals surface area contributed by atoms with Crippen LogP contribution in [-0.2, 0) is 0 Å². The normalized spacial score (nSPS) is 25.1. The van der Waals surface area contributed by atoms with Gasteiger partial charge in [-0.05, 0) is 18.9 Å². The summed E-state index contributed by atoms with van der Waals surface area (Å²) < 4.78 is 0. The number of hydrogen-bond donors (Lipinski definition) is 0. The minimum atomic E-state index is 0.818. The average Bonchev–Trinajstić information content (AvgIpc) is 2.71. The highest BCUT2D eigenvalue weighted by Gasteiger charge is 2.26. The smallest absolute Gasteiger partial charge is 0.0910 e. The van der Waals surface area contributed by atoms with Gasteiger partial charge in [-0.15, -0.1) is 0 Å². The highest BCUT2D eigenvalue weighted by Crippen LogP contribution is 2.25. The number of rotatable bonds is 1. The van der Waals surface area contributed by atoms with Crippen LogP contribution >= 0.6 is 0 Å². The Morgan fingerprint density at radius 1 is 1.44 bits per heavy atom. The lowest BCUT2D eigenvalue weighted by atomic mass is 10.4. The van der Waals surface area contributed by atoms with E-state index in [4.69, 9.17) is 0 Å². The van der Waals surface area contributed by atoms with Crippen LogP contribution in [0.3, 0.4) is 0 Å². The largest absolute Gasteiger partial charge is 0.356 e. The molecule has 0 bridgehead atoms. The van der Waals surface area contributed by atoms with Crippen molar-refractivity contribution in [2.45, 2.75) is 18.9 Å². The van der Waals surface area contributed by atoms with Crippen LogP contribution in [0.1, 0.15) is 12.8 Å². The molecular formula is C7H10N2. The van der Waals surface area contributed by atoms with Crippen molar-refractivity contribution in [3.63, 3.8) is 0 Å². The Balaban J connectivity index is 1.98. The van der Waals surface area contributed by atoms with Gasteiger partial charge in [0.05, 0.1) is 6.34 Å². The molecule has 0 unspecified atom stereocenters. The van der Waals surface area contributed by atoms with Gasteiger partial charge in [-0.25, -0.2) is 4.99 Å². The van der Waals surface area contributed by atoms with E-state index in [1.165, 1.54) is 12.8 Å². The van der Waals surface area contributed by atoms with Gasteiger partial charge in [0.15, 0.2) is 0 Å². The standard InChI is InChI=1S/C7H10N2/c1-4-8-6-9(5-1)7-2-3-7/h1,4,6-7H,2-3,5H2. The molecule has 1 heterocycles. The van der Waals surface area contributed by atoms with E-state index in [2.05, 4.69) is 16.0 Å². The fourth-order valence-corrected chi connectivity index (χ4v) is 1.05. The molecule has 0 N–H and O–H groups in total. The number of hydrogen-bond acceptors (Lipinski definition) is 2. The molecular weight excluding hydrogens is 112 g/mol. The summed E-state index contributed by atoms with van der Waals surface area (Å²) in [4.78, 5) is 6.33. The predicted octanol–water partition coefficient (Wildman–Crippen LogP) is 1.01. The van der Waals surface area contributed by atoms with E-state index < -0.39 is 0 Å². The minimum absolute atomic E-state index is 0.818. The summed E-state index contributed by atoms with van der Waals surface area (Å²) in [5, 5.41) is 0. The summed E-state index contributed by atoms with van der Waals surface area (Å²) in [6.45, 7) is 1.06. The van der Waals surface area contributed by atoms with Gasteiger partial charge in [-0.1, -0.05) is 0 Å². The van der Waals surface area contributed by atoms with Crippen LogP contribution in [0.4, 0.5) is 0 Å². The Morgan fingerprint density at radius 3 is 2.89 bits per heavy atom. The van der Waals surface area contributed by atoms with Crippen molar-refractivity contribution in [1.29, 1.82) is 0 Å². The van der Waals surface area contributed by atoms with Crippen LogP contribution in [0.2, 0.25) is 0 Å². The van der Waals surface area contributed by atoms with Crippen molar-refractivity contribution < 1.29 is 0 Å². The van der Waals surface area contributed by atoms with Crippen LogP contribution < -0.4 is 0 Å². The molecule has 1 fully saturated rings. The maximum atomic E-state index is 4.04. The van der Waals surface area contributed by atoms with Crippen LogP contribution in [0.25, 0.3) is 0 Å². The van der Waals surface area contributed by atoms with Gasteiger partial charge in [0.2, 0.25) is 0 Å². The van der Waals surface area contributed by atoms with Gasteiger partial charge in [-0.2, -0.15) is 0 Å². The summed E-state index contributed by atoms with van der Waals surface area (Å²) in [7, 11) is 0. The second kappa shape index (κ2) is 1.87. The average molecular weight is 122 g/mol. The molecule has 0 spiro atoms. The molecule has 1 aliphatic heterocycles. The fraction of sp³-hybridized carbons (Fsp3) is 0.571. The molecule has 0 aromatic heterocycles. The molecule has 48 valence electrons. The Bertz CT molecular complexity index is 156. The van der Waals surface area contributed by atoms with E-state index in [1.807, 2.05) is 12.5 Å². The third-order valence-electron chi connectivity index (χ3n) is 1.74. The van der Waals surface area contributed by atoms with E-state index in [-0.39, 0.29) is 0 Å². The summed E-state index contributed by atoms with van der Waals surface area (Å²) >= 11 is 0. The lowest BCUT2D eigenvalue weighted by Gasteiger charge is -2.17. The molecule has 2 aliphatic rings. The zero-order chi connectivity index (χ0) is 6.10. The van der Waals surface area contributed by atoms with Crippen molar-refractivity contribution in [3.05, 3.63) is 12.3 Å². The molecule has 2 nitrogen and oxygen atoms in total. The molecule has 2 rings (SSSR count). The second-order valence-electron chi connectivity index (χ2n) is 2.58. The quantitative estimate of drug-likeness (QED) is 0.506. The first-order valence-electron chi connectivity index (χ1n) is 3.41. The van der Waals surface area contributed by atoms with E-state index in [1.54, 1.807) is 0 Å². The SMILES string of the molecule is C1=CN=CN(C2CC2)C1. The fourth-order valence-electron chi connectivity index (χ4n) is 1.05. The summed E-state index contributed by atoms with van der Waals surface area (Å²) in [6, 6.07) is 0.818. The van der Waals surface area contributed by atoms with Crippen LogP contribution in [-0.4, -0.2) is 23.8 Å².